The summed E-state index contributed by atoms with van der Waals surface area (Å²) in [6, 6.07) is 4.03. The average molecular weight is 328 g/mol. The number of nitrogens with zero attached hydrogens (tertiary/aromatic N) is 2. The van der Waals surface area contributed by atoms with Gasteiger partial charge in [-0.1, -0.05) is 6.07 Å². The van der Waals surface area contributed by atoms with E-state index >= 15 is 0 Å². The van der Waals surface area contributed by atoms with Crippen molar-refractivity contribution in [1.29, 1.82) is 0 Å². The third-order valence-electron chi connectivity index (χ3n) is 4.25. The molecule has 0 unspecified atom stereocenters. The molecule has 1 heterocycles. The second kappa shape index (κ2) is 6.34. The van der Waals surface area contributed by atoms with Gasteiger partial charge in [0.1, 0.15) is 5.82 Å². The summed E-state index contributed by atoms with van der Waals surface area (Å²) in [4.78, 5) is 13.0. The molecule has 0 aliphatic carbocycles. The van der Waals surface area contributed by atoms with Crippen LogP contribution >= 0.6 is 0 Å². The van der Waals surface area contributed by atoms with Crippen molar-refractivity contribution < 1.29 is 17.6 Å². The van der Waals surface area contributed by atoms with Gasteiger partial charge >= 0.3 is 0 Å². The molecule has 1 amide bonds. The van der Waals surface area contributed by atoms with E-state index in [0.29, 0.717) is 31.5 Å². The van der Waals surface area contributed by atoms with Crippen molar-refractivity contribution >= 4 is 15.9 Å². The maximum atomic E-state index is 13.6. The summed E-state index contributed by atoms with van der Waals surface area (Å²) in [6.45, 7) is 3.76. The molecule has 22 heavy (non-hydrogen) atoms. The van der Waals surface area contributed by atoms with E-state index in [-0.39, 0.29) is 16.8 Å². The topological polar surface area (TPSA) is 57.7 Å². The smallest absolute Gasteiger partial charge is 0.243 e. The number of carbonyl (C=O) groups is 1. The normalized spacial score (nSPS) is 17.5. The Morgan fingerprint density at radius 1 is 1.32 bits per heavy atom. The molecule has 0 spiro atoms. The summed E-state index contributed by atoms with van der Waals surface area (Å²) in [5.74, 6) is -0.547. The van der Waals surface area contributed by atoms with E-state index < -0.39 is 15.8 Å². The van der Waals surface area contributed by atoms with Crippen LogP contribution in [0.2, 0.25) is 0 Å². The molecule has 1 fully saturated rings. The monoisotopic (exact) mass is 328 g/mol. The summed E-state index contributed by atoms with van der Waals surface area (Å²) >= 11 is 0. The Morgan fingerprint density at radius 3 is 2.41 bits per heavy atom. The summed E-state index contributed by atoms with van der Waals surface area (Å²) in [5, 5.41) is 0. The zero-order valence-corrected chi connectivity index (χ0v) is 13.9. The van der Waals surface area contributed by atoms with Crippen molar-refractivity contribution in [3.05, 3.63) is 29.6 Å². The van der Waals surface area contributed by atoms with E-state index in [1.165, 1.54) is 23.4 Å². The summed E-state index contributed by atoms with van der Waals surface area (Å²) in [5.41, 5.74) is 0.417. The first-order chi connectivity index (χ1) is 10.2. The van der Waals surface area contributed by atoms with Gasteiger partial charge in [0.15, 0.2) is 0 Å². The number of benzene rings is 1. The van der Waals surface area contributed by atoms with Crippen molar-refractivity contribution in [3.63, 3.8) is 0 Å². The van der Waals surface area contributed by atoms with Crippen molar-refractivity contribution in [1.82, 2.24) is 9.21 Å². The predicted octanol–water partition coefficient (Wildman–Crippen LogP) is 1.77. The number of sulfonamides is 1. The van der Waals surface area contributed by atoms with Gasteiger partial charge in [-0.15, -0.1) is 0 Å². The number of halogens is 1. The number of piperidine rings is 1. The highest BCUT2D eigenvalue weighted by atomic mass is 32.2. The van der Waals surface area contributed by atoms with Crippen LogP contribution in [0.3, 0.4) is 0 Å². The van der Waals surface area contributed by atoms with Gasteiger partial charge in [0, 0.05) is 33.1 Å². The number of aryl methyl sites for hydroxylation is 1. The van der Waals surface area contributed by atoms with E-state index in [2.05, 4.69) is 0 Å². The van der Waals surface area contributed by atoms with Crippen LogP contribution in [0.5, 0.6) is 0 Å². The van der Waals surface area contributed by atoms with Crippen molar-refractivity contribution in [3.8, 4) is 0 Å². The molecule has 0 N–H and O–H groups in total. The highest BCUT2D eigenvalue weighted by Gasteiger charge is 2.31. The van der Waals surface area contributed by atoms with Crippen LogP contribution in [-0.2, 0) is 14.8 Å². The van der Waals surface area contributed by atoms with Gasteiger partial charge in [-0.3, -0.25) is 4.79 Å². The minimum Gasteiger partial charge on any atom is -0.343 e. The molecule has 2 rings (SSSR count). The van der Waals surface area contributed by atoms with Crippen LogP contribution < -0.4 is 0 Å². The first kappa shape index (κ1) is 16.9. The molecule has 1 saturated heterocycles. The van der Waals surface area contributed by atoms with Crippen LogP contribution in [0.15, 0.2) is 23.1 Å². The number of amides is 1. The Hall–Kier alpha value is -1.47. The molecule has 1 aromatic rings. The molecule has 1 aliphatic rings. The molecule has 0 saturated carbocycles. The molecule has 0 aromatic heterocycles. The Balaban J connectivity index is 2.12. The third kappa shape index (κ3) is 3.30. The minimum atomic E-state index is -3.68. The largest absolute Gasteiger partial charge is 0.343 e. The molecular weight excluding hydrogens is 307 g/mol. The lowest BCUT2D eigenvalue weighted by atomic mass is 10.1. The zero-order valence-electron chi connectivity index (χ0n) is 13.0. The maximum absolute atomic E-state index is 13.6. The second-order valence-electron chi connectivity index (χ2n) is 5.68. The predicted molar refractivity (Wildman–Crippen MR) is 81.4 cm³/mol. The van der Waals surface area contributed by atoms with Crippen LogP contribution in [-0.4, -0.2) is 49.7 Å². The zero-order chi connectivity index (χ0) is 16.5. The second-order valence-corrected chi connectivity index (χ2v) is 7.61. The minimum absolute atomic E-state index is 0.0195. The molecule has 122 valence electrons. The van der Waals surface area contributed by atoms with Gasteiger partial charge in [-0.25, -0.2) is 12.8 Å². The maximum Gasteiger partial charge on any atom is 0.243 e. The summed E-state index contributed by atoms with van der Waals surface area (Å²) in [7, 11) is -1.95. The Bertz CT molecular complexity index is 667. The highest BCUT2D eigenvalue weighted by molar-refractivity contribution is 7.89. The first-order valence-corrected chi connectivity index (χ1v) is 8.67. The molecule has 5 nitrogen and oxygen atoms in total. The number of rotatable bonds is 3. The fourth-order valence-electron chi connectivity index (χ4n) is 2.61. The standard InChI is InChI=1S/C15H21FN2O3S/c1-11-4-5-14(10-15(11)16)22(20,21)18-8-6-13(7-9-18)17(3)12(2)19/h4-5,10,13H,6-9H2,1-3H3. The lowest BCUT2D eigenvalue weighted by molar-refractivity contribution is -0.130. The number of carbonyl (C=O) groups excluding carboxylic acids is 1. The van der Waals surface area contributed by atoms with Crippen LogP contribution in [0, 0.1) is 12.7 Å². The Labute approximate surface area is 130 Å². The Morgan fingerprint density at radius 2 is 1.91 bits per heavy atom. The van der Waals surface area contributed by atoms with E-state index in [1.807, 2.05) is 0 Å². The SMILES string of the molecule is CC(=O)N(C)C1CCN(S(=O)(=O)c2ccc(C)c(F)c2)CC1. The molecule has 0 atom stereocenters. The molecule has 0 bridgehead atoms. The quantitative estimate of drug-likeness (QED) is 0.850. The van der Waals surface area contributed by atoms with Crippen LogP contribution in [0.1, 0.15) is 25.3 Å². The van der Waals surface area contributed by atoms with Crippen molar-refractivity contribution in [2.75, 3.05) is 20.1 Å². The van der Waals surface area contributed by atoms with E-state index in [9.17, 15) is 17.6 Å². The van der Waals surface area contributed by atoms with Gasteiger partial charge in [0.2, 0.25) is 15.9 Å². The first-order valence-electron chi connectivity index (χ1n) is 7.23. The summed E-state index contributed by atoms with van der Waals surface area (Å²) in [6.07, 6.45) is 1.17. The number of hydrogen-bond donors (Lipinski definition) is 0. The lowest BCUT2D eigenvalue weighted by Gasteiger charge is -2.35. The van der Waals surface area contributed by atoms with Gasteiger partial charge < -0.3 is 4.90 Å². The molecular formula is C15H21FN2O3S. The van der Waals surface area contributed by atoms with Crippen molar-refractivity contribution in [2.24, 2.45) is 0 Å². The lowest BCUT2D eigenvalue weighted by Crippen LogP contribution is -2.46. The molecule has 0 radical (unpaired) electrons. The highest BCUT2D eigenvalue weighted by Crippen LogP contribution is 2.24. The molecule has 7 heteroatoms. The van der Waals surface area contributed by atoms with Gasteiger partial charge in [0.25, 0.3) is 0 Å². The fourth-order valence-corrected chi connectivity index (χ4v) is 4.09. The molecule has 1 aromatic carbocycles. The average Bonchev–Trinajstić information content (AvgIpc) is 2.49. The van der Waals surface area contributed by atoms with Gasteiger partial charge in [-0.2, -0.15) is 4.31 Å². The fraction of sp³-hybridized carbons (Fsp3) is 0.533. The Kier molecular flexibility index (Phi) is 4.87. The van der Waals surface area contributed by atoms with Crippen LogP contribution in [0.4, 0.5) is 4.39 Å². The summed E-state index contributed by atoms with van der Waals surface area (Å²) < 4.78 is 40.0. The van der Waals surface area contributed by atoms with Crippen LogP contribution in [0.25, 0.3) is 0 Å². The van der Waals surface area contributed by atoms with Crippen molar-refractivity contribution in [2.45, 2.75) is 37.6 Å². The van der Waals surface area contributed by atoms with Gasteiger partial charge in [-0.05, 0) is 37.5 Å². The third-order valence-corrected chi connectivity index (χ3v) is 6.14. The van der Waals surface area contributed by atoms with Gasteiger partial charge in [0.05, 0.1) is 4.90 Å². The molecule has 1 aliphatic heterocycles. The van der Waals surface area contributed by atoms with E-state index in [4.69, 9.17) is 0 Å². The van der Waals surface area contributed by atoms with E-state index in [1.54, 1.807) is 18.9 Å². The number of hydrogen-bond acceptors (Lipinski definition) is 3. The van der Waals surface area contributed by atoms with E-state index in [0.717, 1.165) is 6.07 Å².